The molecule has 31 heavy (non-hydrogen) atoms. The Morgan fingerprint density at radius 3 is 2.61 bits per heavy atom. The quantitative estimate of drug-likeness (QED) is 0.562. The molecule has 3 aromatic carbocycles. The summed E-state index contributed by atoms with van der Waals surface area (Å²) < 4.78 is 6.16. The maximum absolute atomic E-state index is 9.13. The van der Waals surface area contributed by atoms with E-state index < -0.39 is 0 Å². The summed E-state index contributed by atoms with van der Waals surface area (Å²) >= 11 is 6.23. The highest BCUT2D eigenvalue weighted by atomic mass is 35.5. The second kappa shape index (κ2) is 8.43. The minimum absolute atomic E-state index is 0.640. The summed E-state index contributed by atoms with van der Waals surface area (Å²) in [5.74, 6) is 2.43. The molecular formula is C25H21ClN4O. The predicted octanol–water partition coefficient (Wildman–Crippen LogP) is 5.21. The number of benzene rings is 3. The Morgan fingerprint density at radius 1 is 0.935 bits per heavy atom. The Balaban J connectivity index is 1.38. The zero-order valence-corrected chi connectivity index (χ0v) is 17.7. The van der Waals surface area contributed by atoms with E-state index >= 15 is 0 Å². The summed E-state index contributed by atoms with van der Waals surface area (Å²) in [6.07, 6.45) is 0. The first-order chi connectivity index (χ1) is 15.2. The summed E-state index contributed by atoms with van der Waals surface area (Å²) in [5.41, 5.74) is 3.61. The number of halogens is 1. The van der Waals surface area contributed by atoms with E-state index in [2.05, 4.69) is 28.0 Å². The summed E-state index contributed by atoms with van der Waals surface area (Å²) in [7, 11) is 0. The Hall–Kier alpha value is -3.33. The highest BCUT2D eigenvalue weighted by Crippen LogP contribution is 2.39. The summed E-state index contributed by atoms with van der Waals surface area (Å²) in [4.78, 5) is 9.71. The summed E-state index contributed by atoms with van der Waals surface area (Å²) in [5, 5.41) is 9.77. The van der Waals surface area contributed by atoms with Crippen LogP contribution in [0.15, 0.2) is 71.7 Å². The molecule has 0 atom stereocenters. The number of hydrogen-bond donors (Lipinski definition) is 0. The molecule has 0 spiro atoms. The van der Waals surface area contributed by atoms with Crippen LogP contribution in [0.5, 0.6) is 11.5 Å². The normalized spacial score (nSPS) is 15.7. The van der Waals surface area contributed by atoms with Crippen molar-refractivity contribution in [2.75, 3.05) is 26.2 Å². The third-order valence-electron chi connectivity index (χ3n) is 5.63. The SMILES string of the molecule is N#Cc1cccc(CN2CCN(C3=Nc4cc(Cl)ccc4Oc4ccccc43)CC2)c1. The van der Waals surface area contributed by atoms with Crippen molar-refractivity contribution < 1.29 is 4.74 Å². The molecule has 1 fully saturated rings. The minimum atomic E-state index is 0.640. The van der Waals surface area contributed by atoms with Crippen LogP contribution in [0.1, 0.15) is 16.7 Å². The fourth-order valence-corrected chi connectivity index (χ4v) is 4.22. The van der Waals surface area contributed by atoms with Gasteiger partial charge in [0.15, 0.2) is 5.75 Å². The number of nitrogens with zero attached hydrogens (tertiary/aromatic N) is 4. The van der Waals surface area contributed by atoms with Gasteiger partial charge in [0.1, 0.15) is 17.3 Å². The van der Waals surface area contributed by atoms with Gasteiger partial charge in [0.25, 0.3) is 0 Å². The summed E-state index contributed by atoms with van der Waals surface area (Å²) in [6.45, 7) is 4.40. The van der Waals surface area contributed by atoms with Gasteiger partial charge in [-0.1, -0.05) is 35.9 Å². The van der Waals surface area contributed by atoms with Crippen molar-refractivity contribution in [3.05, 3.63) is 88.4 Å². The number of piperazine rings is 1. The van der Waals surface area contributed by atoms with Gasteiger partial charge in [0.2, 0.25) is 0 Å². The van der Waals surface area contributed by atoms with Crippen molar-refractivity contribution in [1.29, 1.82) is 5.26 Å². The zero-order valence-electron chi connectivity index (χ0n) is 17.0. The van der Waals surface area contributed by atoms with E-state index in [1.54, 1.807) is 0 Å². The standard InChI is InChI=1S/C25H21ClN4O/c26-20-8-9-24-22(15-20)28-25(21-6-1-2-7-23(21)31-24)30-12-10-29(11-13-30)17-19-5-3-4-18(14-19)16-27/h1-9,14-15H,10-13,17H2. The lowest BCUT2D eigenvalue weighted by atomic mass is 10.1. The lowest BCUT2D eigenvalue weighted by Crippen LogP contribution is -2.48. The molecule has 3 aromatic rings. The van der Waals surface area contributed by atoms with Crippen LogP contribution < -0.4 is 4.74 Å². The molecule has 0 radical (unpaired) electrons. The number of rotatable bonds is 2. The fourth-order valence-electron chi connectivity index (χ4n) is 4.05. The van der Waals surface area contributed by atoms with Crippen LogP contribution in [-0.2, 0) is 6.54 Å². The molecule has 154 valence electrons. The Bertz CT molecular complexity index is 1190. The molecule has 0 N–H and O–H groups in total. The van der Waals surface area contributed by atoms with Crippen molar-refractivity contribution in [2.24, 2.45) is 4.99 Å². The van der Waals surface area contributed by atoms with Crippen LogP contribution in [-0.4, -0.2) is 41.8 Å². The Labute approximate surface area is 186 Å². The van der Waals surface area contributed by atoms with E-state index in [-0.39, 0.29) is 0 Å². The molecule has 0 bridgehead atoms. The van der Waals surface area contributed by atoms with Crippen LogP contribution in [0, 0.1) is 11.3 Å². The minimum Gasteiger partial charge on any atom is -0.454 e. The third kappa shape index (κ3) is 4.13. The van der Waals surface area contributed by atoms with Crippen LogP contribution in [0.3, 0.4) is 0 Å². The number of para-hydroxylation sites is 1. The van der Waals surface area contributed by atoms with E-state index in [0.717, 1.165) is 55.6 Å². The number of amidine groups is 1. The Morgan fingerprint density at radius 2 is 1.77 bits per heavy atom. The predicted molar refractivity (Wildman–Crippen MR) is 122 cm³/mol. The first-order valence-electron chi connectivity index (χ1n) is 10.3. The molecule has 0 aromatic heterocycles. The van der Waals surface area contributed by atoms with Gasteiger partial charge in [0, 0.05) is 37.7 Å². The number of nitriles is 1. The van der Waals surface area contributed by atoms with Crippen molar-refractivity contribution in [1.82, 2.24) is 9.80 Å². The van der Waals surface area contributed by atoms with Crippen LogP contribution in [0.4, 0.5) is 5.69 Å². The molecule has 0 aliphatic carbocycles. The van der Waals surface area contributed by atoms with E-state index in [4.69, 9.17) is 26.6 Å². The molecule has 6 heteroatoms. The first kappa shape index (κ1) is 19.6. The highest BCUT2D eigenvalue weighted by molar-refractivity contribution is 6.31. The van der Waals surface area contributed by atoms with Crippen LogP contribution in [0.25, 0.3) is 0 Å². The highest BCUT2D eigenvalue weighted by Gasteiger charge is 2.26. The van der Waals surface area contributed by atoms with E-state index in [1.807, 2.05) is 54.6 Å². The maximum Gasteiger partial charge on any atom is 0.153 e. The zero-order chi connectivity index (χ0) is 21.2. The number of fused-ring (bicyclic) bond motifs is 2. The fraction of sp³-hybridized carbons (Fsp3) is 0.200. The van der Waals surface area contributed by atoms with E-state index in [9.17, 15) is 0 Å². The number of aliphatic imine (C=N–C) groups is 1. The van der Waals surface area contributed by atoms with Crippen molar-refractivity contribution >= 4 is 23.1 Å². The average molecular weight is 429 g/mol. The van der Waals surface area contributed by atoms with Gasteiger partial charge in [-0.25, -0.2) is 4.99 Å². The van der Waals surface area contributed by atoms with Gasteiger partial charge in [0.05, 0.1) is 17.2 Å². The van der Waals surface area contributed by atoms with E-state index in [0.29, 0.717) is 16.3 Å². The number of hydrogen-bond acceptors (Lipinski definition) is 5. The average Bonchev–Trinajstić information content (AvgIpc) is 2.96. The van der Waals surface area contributed by atoms with Gasteiger partial charge in [-0.15, -0.1) is 0 Å². The van der Waals surface area contributed by atoms with Crippen molar-refractivity contribution in [3.8, 4) is 17.6 Å². The molecule has 1 saturated heterocycles. The van der Waals surface area contributed by atoms with Gasteiger partial charge in [-0.05, 0) is 48.0 Å². The van der Waals surface area contributed by atoms with E-state index in [1.165, 1.54) is 5.56 Å². The molecule has 5 rings (SSSR count). The van der Waals surface area contributed by atoms with Crippen molar-refractivity contribution in [2.45, 2.75) is 6.54 Å². The molecule has 0 amide bonds. The van der Waals surface area contributed by atoms with Gasteiger partial charge in [-0.2, -0.15) is 5.26 Å². The lowest BCUT2D eigenvalue weighted by molar-refractivity contribution is 0.175. The topological polar surface area (TPSA) is 51.9 Å². The molecule has 5 nitrogen and oxygen atoms in total. The van der Waals surface area contributed by atoms with Crippen LogP contribution >= 0.6 is 11.6 Å². The molecule has 2 aliphatic heterocycles. The molecule has 0 saturated carbocycles. The first-order valence-corrected chi connectivity index (χ1v) is 10.7. The van der Waals surface area contributed by atoms with Gasteiger partial charge >= 0.3 is 0 Å². The smallest absolute Gasteiger partial charge is 0.153 e. The second-order valence-electron chi connectivity index (χ2n) is 7.72. The maximum atomic E-state index is 9.13. The van der Waals surface area contributed by atoms with Gasteiger partial charge in [-0.3, -0.25) is 4.90 Å². The lowest BCUT2D eigenvalue weighted by Gasteiger charge is -2.36. The molecule has 2 heterocycles. The largest absolute Gasteiger partial charge is 0.454 e. The molecule has 2 aliphatic rings. The van der Waals surface area contributed by atoms with Gasteiger partial charge < -0.3 is 9.64 Å². The van der Waals surface area contributed by atoms with Crippen molar-refractivity contribution in [3.63, 3.8) is 0 Å². The monoisotopic (exact) mass is 428 g/mol. The number of ether oxygens (including phenoxy) is 1. The molecule has 0 unspecified atom stereocenters. The Kier molecular flexibility index (Phi) is 5.33. The third-order valence-corrected chi connectivity index (χ3v) is 5.86. The second-order valence-corrected chi connectivity index (χ2v) is 8.16. The van der Waals surface area contributed by atoms with Crippen LogP contribution in [0.2, 0.25) is 5.02 Å². The summed E-state index contributed by atoms with van der Waals surface area (Å²) in [6, 6.07) is 23.6. The molecular weight excluding hydrogens is 408 g/mol.